The van der Waals surface area contributed by atoms with Crippen LogP contribution in [-0.2, 0) is 14.8 Å². The Hall–Kier alpha value is -2.58. The van der Waals surface area contributed by atoms with Gasteiger partial charge in [-0.2, -0.15) is 0 Å². The van der Waals surface area contributed by atoms with E-state index in [2.05, 4.69) is 5.32 Å². The molecule has 0 atom stereocenters. The highest BCUT2D eigenvalue weighted by Gasteiger charge is 2.23. The van der Waals surface area contributed by atoms with Gasteiger partial charge in [-0.1, -0.05) is 18.2 Å². The van der Waals surface area contributed by atoms with Gasteiger partial charge >= 0.3 is 0 Å². The van der Waals surface area contributed by atoms with Crippen LogP contribution >= 0.6 is 0 Å². The molecule has 0 saturated heterocycles. The summed E-state index contributed by atoms with van der Waals surface area (Å²) in [4.78, 5) is 14.3. The third-order valence-corrected chi connectivity index (χ3v) is 5.97. The Kier molecular flexibility index (Phi) is 7.42. The van der Waals surface area contributed by atoms with Gasteiger partial charge in [0.15, 0.2) is 0 Å². The number of hydrogen-bond acceptors (Lipinski definition) is 5. The van der Waals surface area contributed by atoms with Gasteiger partial charge in [0.2, 0.25) is 15.9 Å². The molecule has 1 amide bonds. The zero-order valence-corrected chi connectivity index (χ0v) is 17.5. The normalized spacial score (nSPS) is 11.3. The molecule has 0 aliphatic rings. The van der Waals surface area contributed by atoms with Gasteiger partial charge in [0.25, 0.3) is 0 Å². The van der Waals surface area contributed by atoms with Crippen molar-refractivity contribution >= 4 is 27.3 Å². The number of carbonyl (C=O) groups excluding carboxylic acids is 1. The van der Waals surface area contributed by atoms with E-state index in [4.69, 9.17) is 4.74 Å². The van der Waals surface area contributed by atoms with Crippen LogP contribution in [0.15, 0.2) is 53.4 Å². The van der Waals surface area contributed by atoms with Gasteiger partial charge in [-0.15, -0.1) is 0 Å². The van der Waals surface area contributed by atoms with Crippen molar-refractivity contribution in [3.63, 3.8) is 0 Å². The molecule has 0 unspecified atom stereocenters. The molecular weight excluding hydrogens is 378 g/mol. The summed E-state index contributed by atoms with van der Waals surface area (Å²) in [7, 11) is -0.750. The lowest BCUT2D eigenvalue weighted by Gasteiger charge is -2.22. The summed E-state index contributed by atoms with van der Waals surface area (Å²) in [5.74, 6) is 0.173. The van der Waals surface area contributed by atoms with Crippen LogP contribution < -0.4 is 15.0 Å². The van der Waals surface area contributed by atoms with Gasteiger partial charge in [0.1, 0.15) is 10.6 Å². The molecule has 28 heavy (non-hydrogen) atoms. The summed E-state index contributed by atoms with van der Waals surface area (Å²) in [6, 6.07) is 14.2. The number of ether oxygens (including phenoxy) is 1. The molecule has 152 valence electrons. The lowest BCUT2D eigenvalue weighted by molar-refractivity contribution is -0.116. The van der Waals surface area contributed by atoms with Crippen LogP contribution in [0, 0.1) is 0 Å². The highest BCUT2D eigenvalue weighted by atomic mass is 32.2. The molecule has 0 spiro atoms. The Morgan fingerprint density at radius 2 is 1.75 bits per heavy atom. The quantitative estimate of drug-likeness (QED) is 0.694. The summed E-state index contributed by atoms with van der Waals surface area (Å²) in [6.07, 6.45) is 0. The van der Waals surface area contributed by atoms with Crippen LogP contribution in [0.1, 0.15) is 13.8 Å². The average Bonchev–Trinajstić information content (AvgIpc) is 2.68. The van der Waals surface area contributed by atoms with E-state index in [0.29, 0.717) is 18.8 Å². The average molecular weight is 406 g/mol. The van der Waals surface area contributed by atoms with Gasteiger partial charge in [-0.05, 0) is 44.2 Å². The zero-order valence-electron chi connectivity index (χ0n) is 16.7. The molecular formula is C20H27N3O4S. The summed E-state index contributed by atoms with van der Waals surface area (Å²) in [5.41, 5.74) is 1.35. The fourth-order valence-electron chi connectivity index (χ4n) is 2.68. The van der Waals surface area contributed by atoms with Crippen molar-refractivity contribution in [2.75, 3.05) is 44.0 Å². The van der Waals surface area contributed by atoms with Crippen LogP contribution in [0.25, 0.3) is 0 Å². The zero-order chi connectivity index (χ0) is 20.7. The van der Waals surface area contributed by atoms with Gasteiger partial charge in [0, 0.05) is 32.0 Å². The molecule has 2 aromatic rings. The van der Waals surface area contributed by atoms with Crippen molar-refractivity contribution in [1.82, 2.24) is 4.31 Å². The van der Waals surface area contributed by atoms with E-state index < -0.39 is 10.0 Å². The number of sulfonamides is 1. The molecule has 8 heteroatoms. The van der Waals surface area contributed by atoms with Gasteiger partial charge < -0.3 is 15.0 Å². The number of carbonyl (C=O) groups is 1. The van der Waals surface area contributed by atoms with E-state index in [-0.39, 0.29) is 23.1 Å². The van der Waals surface area contributed by atoms with E-state index in [0.717, 1.165) is 9.99 Å². The first-order valence-electron chi connectivity index (χ1n) is 9.09. The predicted molar refractivity (Wildman–Crippen MR) is 111 cm³/mol. The fourth-order valence-corrected chi connectivity index (χ4v) is 3.73. The third kappa shape index (κ3) is 5.02. The standard InChI is InChI=1S/C20H27N3O4S/c1-5-23(17-10-8-7-9-11-17)20(24)15-21-16-12-13-18(27-6-2)19(14-16)28(25,26)22(3)4/h7-14,21H,5-6,15H2,1-4H3. The Morgan fingerprint density at radius 3 is 2.32 bits per heavy atom. The van der Waals surface area contributed by atoms with Crippen LogP contribution in [0.4, 0.5) is 11.4 Å². The van der Waals surface area contributed by atoms with Gasteiger partial charge in [-0.25, -0.2) is 12.7 Å². The van der Waals surface area contributed by atoms with E-state index in [1.54, 1.807) is 24.0 Å². The van der Waals surface area contributed by atoms with Crippen LogP contribution in [0.3, 0.4) is 0 Å². The topological polar surface area (TPSA) is 79.0 Å². The Morgan fingerprint density at radius 1 is 1.07 bits per heavy atom. The van der Waals surface area contributed by atoms with Crippen molar-refractivity contribution in [3.8, 4) is 5.75 Å². The Labute approximate surface area is 167 Å². The number of amides is 1. The summed E-state index contributed by atoms with van der Waals surface area (Å²) >= 11 is 0. The SMILES string of the molecule is CCOc1ccc(NCC(=O)N(CC)c2ccccc2)cc1S(=O)(=O)N(C)C. The maximum absolute atomic E-state index is 12.6. The van der Waals surface area contributed by atoms with E-state index >= 15 is 0 Å². The van der Waals surface area contributed by atoms with Crippen LogP contribution in [0.2, 0.25) is 0 Å². The number of hydrogen-bond donors (Lipinski definition) is 1. The first-order chi connectivity index (χ1) is 13.3. The van der Waals surface area contributed by atoms with Crippen LogP contribution in [-0.4, -0.2) is 52.4 Å². The van der Waals surface area contributed by atoms with E-state index in [1.165, 1.54) is 20.2 Å². The second kappa shape index (κ2) is 9.57. The molecule has 0 aliphatic carbocycles. The van der Waals surface area contributed by atoms with Crippen molar-refractivity contribution in [1.29, 1.82) is 0 Å². The van der Waals surface area contributed by atoms with Crippen molar-refractivity contribution in [3.05, 3.63) is 48.5 Å². The maximum atomic E-state index is 12.6. The first kappa shape index (κ1) is 21.7. The van der Waals surface area contributed by atoms with E-state index in [1.807, 2.05) is 37.3 Å². The summed E-state index contributed by atoms with van der Waals surface area (Å²) in [5, 5.41) is 3.02. The molecule has 0 bridgehead atoms. The first-order valence-corrected chi connectivity index (χ1v) is 10.5. The molecule has 2 rings (SSSR count). The number of nitrogens with one attached hydrogen (secondary N) is 1. The number of para-hydroxylation sites is 1. The number of rotatable bonds is 9. The second-order valence-corrected chi connectivity index (χ2v) is 8.33. The van der Waals surface area contributed by atoms with Crippen molar-refractivity contribution in [2.24, 2.45) is 0 Å². The summed E-state index contributed by atoms with van der Waals surface area (Å²) < 4.78 is 31.8. The monoisotopic (exact) mass is 405 g/mol. The molecule has 2 aromatic carbocycles. The number of likely N-dealkylation sites (N-methyl/N-ethyl adjacent to an activating group) is 1. The molecule has 0 radical (unpaired) electrons. The lowest BCUT2D eigenvalue weighted by atomic mass is 10.2. The minimum atomic E-state index is -3.68. The number of anilines is 2. The van der Waals surface area contributed by atoms with Crippen LogP contribution in [0.5, 0.6) is 5.75 Å². The van der Waals surface area contributed by atoms with Crippen molar-refractivity contribution < 1.29 is 17.9 Å². The number of nitrogens with zero attached hydrogens (tertiary/aromatic N) is 2. The highest BCUT2D eigenvalue weighted by Crippen LogP contribution is 2.29. The van der Waals surface area contributed by atoms with Gasteiger partial charge in [0.05, 0.1) is 13.2 Å². The molecule has 1 N–H and O–H groups in total. The number of benzene rings is 2. The molecule has 0 heterocycles. The highest BCUT2D eigenvalue weighted by molar-refractivity contribution is 7.89. The molecule has 7 nitrogen and oxygen atoms in total. The van der Waals surface area contributed by atoms with Gasteiger partial charge in [-0.3, -0.25) is 4.79 Å². The molecule has 0 aromatic heterocycles. The molecule has 0 aliphatic heterocycles. The third-order valence-electron chi connectivity index (χ3n) is 4.13. The largest absolute Gasteiger partial charge is 0.492 e. The Bertz CT molecular complexity index is 899. The smallest absolute Gasteiger partial charge is 0.246 e. The van der Waals surface area contributed by atoms with E-state index in [9.17, 15) is 13.2 Å². The Balaban J connectivity index is 2.21. The fraction of sp³-hybridized carbons (Fsp3) is 0.350. The lowest BCUT2D eigenvalue weighted by Crippen LogP contribution is -2.35. The minimum absolute atomic E-state index is 0.0398. The predicted octanol–water partition coefficient (Wildman–Crippen LogP) is 2.80. The minimum Gasteiger partial charge on any atom is -0.492 e. The molecule has 0 saturated carbocycles. The summed E-state index contributed by atoms with van der Waals surface area (Å²) in [6.45, 7) is 4.62. The maximum Gasteiger partial charge on any atom is 0.246 e. The van der Waals surface area contributed by atoms with Crippen molar-refractivity contribution in [2.45, 2.75) is 18.7 Å². The second-order valence-electron chi connectivity index (χ2n) is 6.21. The molecule has 0 fully saturated rings.